The van der Waals surface area contributed by atoms with Gasteiger partial charge in [0.25, 0.3) is 5.91 Å². The van der Waals surface area contributed by atoms with Crippen molar-refractivity contribution in [1.29, 1.82) is 0 Å². The fraction of sp³-hybridized carbons (Fsp3) is 0.381. The van der Waals surface area contributed by atoms with Crippen molar-refractivity contribution in [3.63, 3.8) is 0 Å². The van der Waals surface area contributed by atoms with Crippen molar-refractivity contribution in [2.75, 3.05) is 19.0 Å². The first-order chi connectivity index (χ1) is 15.7. The van der Waals surface area contributed by atoms with Crippen LogP contribution in [0.2, 0.25) is 5.02 Å². The topological polar surface area (TPSA) is 137 Å². The maximum atomic E-state index is 12.5. The number of hydrogen-bond acceptors (Lipinski definition) is 9. The molecule has 2 aliphatic rings. The number of carboxylic acid groups (broad SMARTS) is 1. The Bertz CT molecular complexity index is 1030. The summed E-state index contributed by atoms with van der Waals surface area (Å²) in [4.78, 5) is 53.6. The zero-order valence-corrected chi connectivity index (χ0v) is 23.5. The molecule has 0 spiro atoms. The summed E-state index contributed by atoms with van der Waals surface area (Å²) in [5, 5.41) is 18.2. The molecule has 2 aliphatic heterocycles. The van der Waals surface area contributed by atoms with Gasteiger partial charge in [0.1, 0.15) is 24.6 Å². The number of nitrogens with zero attached hydrogens (tertiary/aromatic N) is 2. The van der Waals surface area contributed by atoms with E-state index < -0.39 is 35.2 Å². The Balaban J connectivity index is 0.00000408. The van der Waals surface area contributed by atoms with E-state index in [2.05, 4.69) is 10.5 Å². The molecule has 0 aromatic heterocycles. The van der Waals surface area contributed by atoms with E-state index in [-0.39, 0.29) is 88.0 Å². The second-order valence-corrected chi connectivity index (χ2v) is 8.78. The number of amides is 2. The molecule has 3 rings (SSSR count). The van der Waals surface area contributed by atoms with Crippen molar-refractivity contribution in [1.82, 2.24) is 10.2 Å². The second kappa shape index (κ2) is 13.0. The molecule has 0 aliphatic carbocycles. The van der Waals surface area contributed by atoms with Gasteiger partial charge in [0.2, 0.25) is 5.91 Å². The minimum atomic E-state index is -1.54. The largest absolute Gasteiger partial charge is 1.00 e. The number of oxime groups is 1. The Kier molecular flexibility index (Phi) is 11.1. The van der Waals surface area contributed by atoms with Gasteiger partial charge in [-0.05, 0) is 24.6 Å². The number of aliphatic carboxylic acids is 1. The number of halogens is 1. The number of thioether (sulfide) groups is 1. The van der Waals surface area contributed by atoms with Crippen molar-refractivity contribution in [2.24, 2.45) is 5.16 Å². The third-order valence-electron chi connectivity index (χ3n) is 4.89. The van der Waals surface area contributed by atoms with E-state index in [1.807, 2.05) is 0 Å². The minimum Gasteiger partial charge on any atom is -0.543 e. The second-order valence-electron chi connectivity index (χ2n) is 7.24. The van der Waals surface area contributed by atoms with Crippen LogP contribution in [0.3, 0.4) is 0 Å². The van der Waals surface area contributed by atoms with Crippen LogP contribution in [-0.2, 0) is 28.8 Å². The number of β-lactam (4-membered cyclic amide) rings is 1. The SMILES string of the molecule is CC(=O)OCC1=C(C(=O)[O-])N2C(=O)C(NC(=O)CCO/N=C(\C)c3ccc(Cl)cc3)C2SC1.[K+]. The quantitative estimate of drug-likeness (QED) is 0.0914. The Labute approximate surface area is 247 Å². The molecule has 2 heterocycles. The molecule has 0 bridgehead atoms. The number of esters is 1. The number of benzene rings is 1. The van der Waals surface area contributed by atoms with Crippen molar-refractivity contribution >= 4 is 52.8 Å². The number of carboxylic acids is 1. The Morgan fingerprint density at radius 2 is 1.94 bits per heavy atom. The fourth-order valence-electron chi connectivity index (χ4n) is 3.24. The molecule has 2 unspecified atom stereocenters. The predicted octanol–water partition coefficient (Wildman–Crippen LogP) is -2.56. The van der Waals surface area contributed by atoms with Crippen LogP contribution in [0.5, 0.6) is 0 Å². The normalized spacial score (nSPS) is 19.4. The first-order valence-corrected chi connectivity index (χ1v) is 11.3. The van der Waals surface area contributed by atoms with E-state index in [1.165, 1.54) is 18.7 Å². The molecular weight excluding hydrogens is 513 g/mol. The van der Waals surface area contributed by atoms with Gasteiger partial charge >= 0.3 is 57.4 Å². The van der Waals surface area contributed by atoms with E-state index >= 15 is 0 Å². The third-order valence-corrected chi connectivity index (χ3v) is 6.48. The molecule has 1 saturated heterocycles. The number of nitrogens with one attached hydrogen (secondary N) is 1. The van der Waals surface area contributed by atoms with Gasteiger partial charge in [-0.2, -0.15) is 0 Å². The van der Waals surface area contributed by atoms with Crippen LogP contribution in [0.1, 0.15) is 25.8 Å². The molecule has 0 saturated carbocycles. The molecule has 1 aromatic carbocycles. The van der Waals surface area contributed by atoms with Crippen LogP contribution >= 0.6 is 23.4 Å². The number of fused-ring (bicyclic) bond motifs is 1. The van der Waals surface area contributed by atoms with Gasteiger partial charge in [-0.3, -0.25) is 19.3 Å². The standard InChI is InChI=1S/C21H22ClN3O7S.K/c1-11(13-3-5-15(22)6-4-13)24-32-8-7-16(27)23-17-19(28)25-18(21(29)30)14(9-31-12(2)26)10-33-20(17)25;/h3-6,17,20H,7-10H2,1-2H3,(H,23,27)(H,29,30);/q;+1/p-1/b24-11+;. The number of carbonyl (C=O) groups excluding carboxylic acids is 4. The first kappa shape index (κ1) is 28.8. The molecular formula is C21H21ClKN3O7S. The van der Waals surface area contributed by atoms with Crippen LogP contribution in [0.25, 0.3) is 0 Å². The average molecular weight is 534 g/mol. The smallest absolute Gasteiger partial charge is 0.543 e. The van der Waals surface area contributed by atoms with Crippen LogP contribution in [0, 0.1) is 0 Å². The summed E-state index contributed by atoms with van der Waals surface area (Å²) in [5.74, 6) is -2.89. The van der Waals surface area contributed by atoms with E-state index in [1.54, 1.807) is 31.2 Å². The molecule has 10 nitrogen and oxygen atoms in total. The van der Waals surface area contributed by atoms with Crippen LogP contribution in [0.4, 0.5) is 0 Å². The Morgan fingerprint density at radius 1 is 1.26 bits per heavy atom. The maximum absolute atomic E-state index is 12.5. The monoisotopic (exact) mass is 533 g/mol. The molecule has 13 heteroatoms. The summed E-state index contributed by atoms with van der Waals surface area (Å²) < 4.78 is 4.86. The average Bonchev–Trinajstić information content (AvgIpc) is 2.78. The molecule has 2 amide bonds. The van der Waals surface area contributed by atoms with Crippen molar-refractivity contribution in [3.8, 4) is 0 Å². The van der Waals surface area contributed by atoms with E-state index in [4.69, 9.17) is 21.2 Å². The summed E-state index contributed by atoms with van der Waals surface area (Å²) in [7, 11) is 0. The summed E-state index contributed by atoms with van der Waals surface area (Å²) in [6.45, 7) is 2.71. The molecule has 2 atom stereocenters. The van der Waals surface area contributed by atoms with E-state index in [0.717, 1.165) is 10.5 Å². The van der Waals surface area contributed by atoms with Gasteiger partial charge in [0.15, 0.2) is 0 Å². The van der Waals surface area contributed by atoms with Crippen LogP contribution in [0.15, 0.2) is 40.7 Å². The van der Waals surface area contributed by atoms with Crippen LogP contribution < -0.4 is 61.8 Å². The van der Waals surface area contributed by atoms with Gasteiger partial charge in [-0.15, -0.1) is 11.8 Å². The predicted molar refractivity (Wildman–Crippen MR) is 118 cm³/mol. The summed E-state index contributed by atoms with van der Waals surface area (Å²) in [5.41, 5.74) is 1.39. The van der Waals surface area contributed by atoms with Gasteiger partial charge < -0.3 is 24.8 Å². The fourth-order valence-corrected chi connectivity index (χ4v) is 4.69. The third kappa shape index (κ3) is 7.06. The summed E-state index contributed by atoms with van der Waals surface area (Å²) in [6.07, 6.45) is -0.0422. The van der Waals surface area contributed by atoms with Gasteiger partial charge in [0, 0.05) is 23.3 Å². The van der Waals surface area contributed by atoms with Crippen molar-refractivity contribution < 1.29 is 85.2 Å². The van der Waals surface area contributed by atoms with Gasteiger partial charge in [0.05, 0.1) is 23.8 Å². The molecule has 1 N–H and O–H groups in total. The Hall–Kier alpha value is -1.41. The van der Waals surface area contributed by atoms with Crippen molar-refractivity contribution in [3.05, 3.63) is 46.1 Å². The number of hydrogen-bond donors (Lipinski definition) is 1. The molecule has 176 valence electrons. The first-order valence-electron chi connectivity index (χ1n) is 9.92. The molecule has 1 fully saturated rings. The van der Waals surface area contributed by atoms with Crippen LogP contribution in [-0.4, -0.2) is 64.7 Å². The molecule has 1 aromatic rings. The van der Waals surface area contributed by atoms with E-state index in [0.29, 0.717) is 10.7 Å². The Morgan fingerprint density at radius 3 is 2.56 bits per heavy atom. The molecule has 0 radical (unpaired) electrons. The molecule has 34 heavy (non-hydrogen) atoms. The minimum absolute atomic E-state index is 0. The number of carbonyl (C=O) groups is 4. The maximum Gasteiger partial charge on any atom is 1.00 e. The van der Waals surface area contributed by atoms with Gasteiger partial charge in [-0.1, -0.05) is 28.9 Å². The summed E-state index contributed by atoms with van der Waals surface area (Å²) >= 11 is 7.11. The zero-order valence-electron chi connectivity index (χ0n) is 18.8. The number of rotatable bonds is 9. The van der Waals surface area contributed by atoms with E-state index in [9.17, 15) is 24.3 Å². The van der Waals surface area contributed by atoms with Gasteiger partial charge in [-0.25, -0.2) is 0 Å². The van der Waals surface area contributed by atoms with Crippen molar-refractivity contribution in [2.45, 2.75) is 31.7 Å². The zero-order chi connectivity index (χ0) is 24.1. The summed E-state index contributed by atoms with van der Waals surface area (Å²) in [6, 6.07) is 6.17. The number of ether oxygens (including phenoxy) is 1.